The summed E-state index contributed by atoms with van der Waals surface area (Å²) in [6, 6.07) is 12.2. The highest BCUT2D eigenvalue weighted by molar-refractivity contribution is 7.14. The molecule has 1 fully saturated rings. The molecule has 1 aliphatic rings. The highest BCUT2D eigenvalue weighted by atomic mass is 32.1. The van der Waals surface area contributed by atoms with Crippen LogP contribution in [0.4, 0.5) is 18.9 Å². The molecule has 0 spiro atoms. The van der Waals surface area contributed by atoms with Crippen molar-refractivity contribution >= 4 is 28.7 Å². The largest absolute Gasteiger partial charge is 0.573 e. The van der Waals surface area contributed by atoms with Crippen molar-refractivity contribution in [2.24, 2.45) is 0 Å². The van der Waals surface area contributed by atoms with Crippen molar-refractivity contribution in [2.75, 3.05) is 31.6 Å². The summed E-state index contributed by atoms with van der Waals surface area (Å²) in [5, 5.41) is 11.8. The van der Waals surface area contributed by atoms with Gasteiger partial charge in [0.05, 0.1) is 31.4 Å². The summed E-state index contributed by atoms with van der Waals surface area (Å²) in [5.74, 6) is -1.52. The minimum atomic E-state index is -4.97. The molecule has 12 heteroatoms. The molecule has 0 saturated carbocycles. The van der Waals surface area contributed by atoms with E-state index in [9.17, 15) is 22.8 Å². The number of alkyl halides is 3. The van der Waals surface area contributed by atoms with Crippen molar-refractivity contribution in [1.29, 1.82) is 0 Å². The highest BCUT2D eigenvalue weighted by Crippen LogP contribution is 2.32. The first-order valence-corrected chi connectivity index (χ1v) is 11.9. The van der Waals surface area contributed by atoms with Crippen LogP contribution in [0.25, 0.3) is 10.6 Å². The quantitative estimate of drug-likeness (QED) is 0.445. The molecule has 2 heterocycles. The summed E-state index contributed by atoms with van der Waals surface area (Å²) in [4.78, 5) is 27.6. The van der Waals surface area contributed by atoms with E-state index in [-0.39, 0.29) is 23.5 Å². The molecule has 0 bridgehead atoms. The molecule has 1 saturated heterocycles. The Hall–Kier alpha value is -3.35. The lowest BCUT2D eigenvalue weighted by atomic mass is 10.1. The average Bonchev–Trinajstić information content (AvgIpc) is 3.33. The van der Waals surface area contributed by atoms with Gasteiger partial charge in [-0.25, -0.2) is 0 Å². The van der Waals surface area contributed by atoms with Gasteiger partial charge in [-0.05, 0) is 25.1 Å². The van der Waals surface area contributed by atoms with Crippen molar-refractivity contribution in [3.8, 4) is 16.3 Å². The number of rotatable bonds is 8. The molecule has 3 aromatic rings. The summed E-state index contributed by atoms with van der Waals surface area (Å²) >= 11 is 1.25. The number of ketones is 1. The third-order valence-corrected chi connectivity index (χ3v) is 6.53. The van der Waals surface area contributed by atoms with Crippen LogP contribution in [0.5, 0.6) is 5.75 Å². The highest BCUT2D eigenvalue weighted by Gasteiger charge is 2.33. The molecule has 1 aliphatic heterocycles. The Kier molecular flexibility index (Phi) is 7.97. The SMILES string of the molecule is CC(C(=O)Nc1cc(C(=O)Cc2nnc(-c3ccccc3)s2)ccc1OC(F)(F)F)N1CCOCC1. The number of Topliss-reactive ketones (excluding diaryl/α,β-unsaturated/α-hetero) is 1. The van der Waals surface area contributed by atoms with Crippen LogP contribution in [-0.4, -0.2) is 65.5 Å². The Bertz CT molecular complexity index is 1210. The van der Waals surface area contributed by atoms with E-state index < -0.39 is 24.1 Å². The van der Waals surface area contributed by atoms with Gasteiger partial charge < -0.3 is 14.8 Å². The molecule has 4 rings (SSSR count). The van der Waals surface area contributed by atoms with Crippen molar-refractivity contribution in [3.63, 3.8) is 0 Å². The van der Waals surface area contributed by atoms with Crippen LogP contribution >= 0.6 is 11.3 Å². The van der Waals surface area contributed by atoms with Gasteiger partial charge in [-0.15, -0.1) is 23.4 Å². The first kappa shape index (κ1) is 25.7. The van der Waals surface area contributed by atoms with E-state index in [1.54, 1.807) is 6.92 Å². The monoisotopic (exact) mass is 520 g/mol. The average molecular weight is 521 g/mol. The van der Waals surface area contributed by atoms with E-state index in [0.29, 0.717) is 36.3 Å². The molecule has 1 aromatic heterocycles. The van der Waals surface area contributed by atoms with E-state index in [2.05, 4.69) is 20.3 Å². The van der Waals surface area contributed by atoms with Gasteiger partial charge in [-0.1, -0.05) is 41.7 Å². The van der Waals surface area contributed by atoms with E-state index >= 15 is 0 Å². The van der Waals surface area contributed by atoms with Gasteiger partial charge in [0, 0.05) is 24.2 Å². The van der Waals surface area contributed by atoms with Gasteiger partial charge in [-0.2, -0.15) is 0 Å². The number of hydrogen-bond acceptors (Lipinski definition) is 8. The number of morpholine rings is 1. The van der Waals surface area contributed by atoms with Gasteiger partial charge in [0.15, 0.2) is 11.5 Å². The zero-order valence-corrected chi connectivity index (χ0v) is 20.1. The Labute approximate surface area is 209 Å². The summed E-state index contributed by atoms with van der Waals surface area (Å²) in [5.41, 5.74) is 0.725. The molecule has 1 N–H and O–H groups in total. The van der Waals surface area contributed by atoms with Crippen LogP contribution in [0.1, 0.15) is 22.3 Å². The zero-order chi connectivity index (χ0) is 25.7. The van der Waals surface area contributed by atoms with Crippen molar-refractivity contribution in [2.45, 2.75) is 25.7 Å². The summed E-state index contributed by atoms with van der Waals surface area (Å²) < 4.78 is 48.2. The van der Waals surface area contributed by atoms with E-state index in [1.807, 2.05) is 35.2 Å². The third kappa shape index (κ3) is 6.65. The van der Waals surface area contributed by atoms with Gasteiger partial charge in [0.25, 0.3) is 0 Å². The number of benzene rings is 2. The number of carbonyl (C=O) groups is 2. The molecule has 190 valence electrons. The molecule has 0 radical (unpaired) electrons. The normalized spacial score (nSPS) is 15.3. The second kappa shape index (κ2) is 11.1. The fourth-order valence-corrected chi connectivity index (χ4v) is 4.49. The number of ether oxygens (including phenoxy) is 2. The number of anilines is 1. The first-order chi connectivity index (χ1) is 17.2. The maximum absolute atomic E-state index is 13.0. The summed E-state index contributed by atoms with van der Waals surface area (Å²) in [6.07, 6.45) is -5.07. The summed E-state index contributed by atoms with van der Waals surface area (Å²) in [6.45, 7) is 3.61. The zero-order valence-electron chi connectivity index (χ0n) is 19.2. The number of aromatic nitrogens is 2. The number of amides is 1. The van der Waals surface area contributed by atoms with Crippen LogP contribution < -0.4 is 10.1 Å². The van der Waals surface area contributed by atoms with Gasteiger partial charge in [-0.3, -0.25) is 14.5 Å². The maximum Gasteiger partial charge on any atom is 0.573 e. The summed E-state index contributed by atoms with van der Waals surface area (Å²) in [7, 11) is 0. The standard InChI is InChI=1S/C24H23F3N4O4S/c1-15(31-9-11-34-12-10-31)22(33)28-18-13-17(7-8-20(18)35-24(25,26)27)19(32)14-21-29-30-23(36-21)16-5-3-2-4-6-16/h2-8,13,15H,9-12,14H2,1H3,(H,28,33). The van der Waals surface area contributed by atoms with Crippen molar-refractivity contribution < 1.29 is 32.2 Å². The van der Waals surface area contributed by atoms with Crippen LogP contribution in [0.15, 0.2) is 48.5 Å². The lowest BCUT2D eigenvalue weighted by Gasteiger charge is -2.31. The van der Waals surface area contributed by atoms with E-state index in [1.165, 1.54) is 23.5 Å². The number of nitrogens with one attached hydrogen (secondary N) is 1. The van der Waals surface area contributed by atoms with Crippen LogP contribution in [-0.2, 0) is 16.0 Å². The third-order valence-electron chi connectivity index (χ3n) is 5.56. The van der Waals surface area contributed by atoms with Gasteiger partial charge >= 0.3 is 6.36 Å². The maximum atomic E-state index is 13.0. The minimum Gasteiger partial charge on any atom is -0.404 e. The van der Waals surface area contributed by atoms with E-state index in [4.69, 9.17) is 4.74 Å². The lowest BCUT2D eigenvalue weighted by molar-refractivity contribution is -0.274. The Morgan fingerprint density at radius 1 is 1.14 bits per heavy atom. The lowest BCUT2D eigenvalue weighted by Crippen LogP contribution is -2.47. The molecule has 1 unspecified atom stereocenters. The van der Waals surface area contributed by atoms with Crippen LogP contribution in [0.2, 0.25) is 0 Å². The Morgan fingerprint density at radius 2 is 1.86 bits per heavy atom. The fraction of sp³-hybridized carbons (Fsp3) is 0.333. The molecule has 8 nitrogen and oxygen atoms in total. The first-order valence-electron chi connectivity index (χ1n) is 11.1. The van der Waals surface area contributed by atoms with Gasteiger partial charge in [0.2, 0.25) is 5.91 Å². The number of carbonyl (C=O) groups excluding carboxylic acids is 2. The van der Waals surface area contributed by atoms with Crippen molar-refractivity contribution in [3.05, 3.63) is 59.1 Å². The topological polar surface area (TPSA) is 93.7 Å². The number of hydrogen-bond donors (Lipinski definition) is 1. The fourth-order valence-electron chi connectivity index (χ4n) is 3.64. The minimum absolute atomic E-state index is 0.0957. The molecular formula is C24H23F3N4O4S. The number of halogens is 3. The molecule has 2 aromatic carbocycles. The second-order valence-corrected chi connectivity index (χ2v) is 9.10. The van der Waals surface area contributed by atoms with E-state index in [0.717, 1.165) is 11.6 Å². The Balaban J connectivity index is 1.52. The number of nitrogens with zero attached hydrogens (tertiary/aromatic N) is 3. The van der Waals surface area contributed by atoms with Gasteiger partial charge in [0.1, 0.15) is 10.0 Å². The predicted octanol–water partition coefficient (Wildman–Crippen LogP) is 4.19. The second-order valence-electron chi connectivity index (χ2n) is 8.04. The molecule has 36 heavy (non-hydrogen) atoms. The van der Waals surface area contributed by atoms with Crippen LogP contribution in [0.3, 0.4) is 0 Å². The van der Waals surface area contributed by atoms with Crippen molar-refractivity contribution in [1.82, 2.24) is 15.1 Å². The smallest absolute Gasteiger partial charge is 0.404 e. The predicted molar refractivity (Wildman–Crippen MR) is 127 cm³/mol. The molecular weight excluding hydrogens is 497 g/mol. The van der Waals surface area contributed by atoms with Crippen LogP contribution in [0, 0.1) is 0 Å². The molecule has 1 atom stereocenters. The Morgan fingerprint density at radius 3 is 2.56 bits per heavy atom. The molecule has 1 amide bonds. The molecule has 0 aliphatic carbocycles.